The second-order valence-corrected chi connectivity index (χ2v) is 4.71. The van der Waals surface area contributed by atoms with Crippen molar-refractivity contribution in [3.05, 3.63) is 0 Å². The minimum Gasteiger partial charge on any atom is -0.464 e. The van der Waals surface area contributed by atoms with E-state index in [9.17, 15) is 0 Å². The Balaban J connectivity index is 2.08. The molecule has 0 aromatic carbocycles. The first kappa shape index (κ1) is 12.9. The lowest BCUT2D eigenvalue weighted by Gasteiger charge is -2.13. The predicted molar refractivity (Wildman–Crippen MR) is 71.0 cm³/mol. The molecule has 1 aliphatic carbocycles. The number of anilines is 2. The van der Waals surface area contributed by atoms with Gasteiger partial charge in [-0.1, -0.05) is 6.92 Å². The molecule has 2 atom stereocenters. The molecule has 1 aliphatic rings. The molecule has 0 amide bonds. The van der Waals surface area contributed by atoms with E-state index in [2.05, 4.69) is 32.5 Å². The summed E-state index contributed by atoms with van der Waals surface area (Å²) in [5.74, 6) is 1.90. The van der Waals surface area contributed by atoms with Crippen molar-refractivity contribution in [3.63, 3.8) is 0 Å². The maximum Gasteiger partial charge on any atom is 0.323 e. The van der Waals surface area contributed by atoms with Gasteiger partial charge in [-0.25, -0.2) is 0 Å². The average Bonchev–Trinajstić information content (AvgIpc) is 2.75. The fourth-order valence-corrected chi connectivity index (χ4v) is 2.25. The molecule has 18 heavy (non-hydrogen) atoms. The number of ether oxygens (including phenoxy) is 1. The summed E-state index contributed by atoms with van der Waals surface area (Å²) >= 11 is 0. The van der Waals surface area contributed by atoms with Crippen LogP contribution >= 0.6 is 0 Å². The van der Waals surface area contributed by atoms with Crippen LogP contribution in [0.15, 0.2) is 0 Å². The lowest BCUT2D eigenvalue weighted by molar-refractivity contribution is 0.312. The summed E-state index contributed by atoms with van der Waals surface area (Å²) in [5.41, 5.74) is 0. The lowest BCUT2D eigenvalue weighted by Crippen LogP contribution is -2.18. The van der Waals surface area contributed by atoms with Crippen molar-refractivity contribution in [2.24, 2.45) is 5.92 Å². The Hall–Kier alpha value is -1.59. The first-order chi connectivity index (χ1) is 8.71. The summed E-state index contributed by atoms with van der Waals surface area (Å²) in [4.78, 5) is 12.7. The number of nitrogens with one attached hydrogen (secondary N) is 2. The summed E-state index contributed by atoms with van der Waals surface area (Å²) in [6.45, 7) is 4.74. The van der Waals surface area contributed by atoms with Gasteiger partial charge in [0, 0.05) is 13.1 Å². The number of hydrogen-bond acceptors (Lipinski definition) is 6. The molecular formula is C12H21N5O. The fraction of sp³-hybridized carbons (Fsp3) is 0.750. The van der Waals surface area contributed by atoms with Crippen molar-refractivity contribution in [1.82, 2.24) is 15.0 Å². The van der Waals surface area contributed by atoms with Crippen molar-refractivity contribution in [2.75, 3.05) is 24.3 Å². The van der Waals surface area contributed by atoms with Crippen LogP contribution in [0, 0.1) is 5.92 Å². The molecule has 1 fully saturated rings. The molecule has 0 spiro atoms. The first-order valence-corrected chi connectivity index (χ1v) is 6.54. The van der Waals surface area contributed by atoms with Gasteiger partial charge in [0.2, 0.25) is 11.9 Å². The molecular weight excluding hydrogens is 230 g/mol. The van der Waals surface area contributed by atoms with Crippen LogP contribution in [0.3, 0.4) is 0 Å². The molecule has 0 bridgehead atoms. The largest absolute Gasteiger partial charge is 0.464 e. The molecule has 6 nitrogen and oxygen atoms in total. The SMILES string of the molecule is CCOc1nc(NC)nc(NC2CCC(C)C2)n1. The zero-order chi connectivity index (χ0) is 13.0. The number of aromatic nitrogens is 3. The Labute approximate surface area is 108 Å². The minimum absolute atomic E-state index is 0.366. The van der Waals surface area contributed by atoms with Crippen LogP contribution in [0.5, 0.6) is 6.01 Å². The Bertz CT molecular complexity index is 398. The molecule has 1 heterocycles. The van der Waals surface area contributed by atoms with E-state index in [1.54, 1.807) is 7.05 Å². The van der Waals surface area contributed by atoms with Crippen molar-refractivity contribution >= 4 is 11.9 Å². The first-order valence-electron chi connectivity index (χ1n) is 6.54. The molecule has 2 rings (SSSR count). The monoisotopic (exact) mass is 251 g/mol. The van der Waals surface area contributed by atoms with E-state index in [0.717, 1.165) is 5.92 Å². The van der Waals surface area contributed by atoms with Gasteiger partial charge in [0.05, 0.1) is 6.61 Å². The summed E-state index contributed by atoms with van der Waals surface area (Å²) in [7, 11) is 1.78. The highest BCUT2D eigenvalue weighted by molar-refractivity contribution is 5.36. The highest BCUT2D eigenvalue weighted by Gasteiger charge is 2.22. The highest BCUT2D eigenvalue weighted by atomic mass is 16.5. The fourth-order valence-electron chi connectivity index (χ4n) is 2.25. The van der Waals surface area contributed by atoms with Gasteiger partial charge in [-0.15, -0.1) is 0 Å². The van der Waals surface area contributed by atoms with Crippen molar-refractivity contribution in [1.29, 1.82) is 0 Å². The molecule has 2 N–H and O–H groups in total. The van der Waals surface area contributed by atoms with Crippen LogP contribution in [-0.2, 0) is 0 Å². The van der Waals surface area contributed by atoms with E-state index in [1.807, 2.05) is 6.92 Å². The van der Waals surface area contributed by atoms with E-state index in [4.69, 9.17) is 4.74 Å². The third-order valence-electron chi connectivity index (χ3n) is 3.14. The molecule has 1 aromatic rings. The molecule has 6 heteroatoms. The lowest BCUT2D eigenvalue weighted by atomic mass is 10.1. The van der Waals surface area contributed by atoms with Crippen LogP contribution in [0.2, 0.25) is 0 Å². The second-order valence-electron chi connectivity index (χ2n) is 4.71. The van der Waals surface area contributed by atoms with Gasteiger partial charge in [0.25, 0.3) is 0 Å². The topological polar surface area (TPSA) is 72.0 Å². The Kier molecular flexibility index (Phi) is 4.17. The number of rotatable bonds is 5. The molecule has 0 aliphatic heterocycles. The molecule has 2 unspecified atom stereocenters. The quantitative estimate of drug-likeness (QED) is 0.833. The normalized spacial score (nSPS) is 22.8. The van der Waals surface area contributed by atoms with E-state index in [-0.39, 0.29) is 0 Å². The van der Waals surface area contributed by atoms with Gasteiger partial charge >= 0.3 is 6.01 Å². The number of hydrogen-bond donors (Lipinski definition) is 2. The van der Waals surface area contributed by atoms with Crippen LogP contribution in [0.25, 0.3) is 0 Å². The van der Waals surface area contributed by atoms with E-state index in [1.165, 1.54) is 19.3 Å². The Morgan fingerprint density at radius 1 is 1.22 bits per heavy atom. The predicted octanol–water partition coefficient (Wildman–Crippen LogP) is 1.91. The zero-order valence-electron chi connectivity index (χ0n) is 11.2. The van der Waals surface area contributed by atoms with Gasteiger partial charge in [-0.3, -0.25) is 0 Å². The molecule has 1 aromatic heterocycles. The van der Waals surface area contributed by atoms with Crippen LogP contribution < -0.4 is 15.4 Å². The van der Waals surface area contributed by atoms with Crippen LogP contribution in [-0.4, -0.2) is 34.6 Å². The van der Waals surface area contributed by atoms with Crippen molar-refractivity contribution in [3.8, 4) is 6.01 Å². The third kappa shape index (κ3) is 3.21. The van der Waals surface area contributed by atoms with E-state index >= 15 is 0 Å². The van der Waals surface area contributed by atoms with E-state index in [0.29, 0.717) is 30.6 Å². The third-order valence-corrected chi connectivity index (χ3v) is 3.14. The van der Waals surface area contributed by atoms with Gasteiger partial charge in [0.15, 0.2) is 0 Å². The standard InChI is InChI=1S/C12H21N5O/c1-4-18-12-16-10(13-3)15-11(17-12)14-9-6-5-8(2)7-9/h8-9H,4-7H2,1-3H3,(H2,13,14,15,16,17). The Morgan fingerprint density at radius 2 is 2.00 bits per heavy atom. The van der Waals surface area contributed by atoms with Crippen molar-refractivity contribution in [2.45, 2.75) is 39.2 Å². The molecule has 0 radical (unpaired) electrons. The minimum atomic E-state index is 0.366. The van der Waals surface area contributed by atoms with Gasteiger partial charge in [-0.2, -0.15) is 15.0 Å². The maximum absolute atomic E-state index is 5.33. The van der Waals surface area contributed by atoms with Crippen molar-refractivity contribution < 1.29 is 4.74 Å². The maximum atomic E-state index is 5.33. The highest BCUT2D eigenvalue weighted by Crippen LogP contribution is 2.27. The summed E-state index contributed by atoms with van der Waals surface area (Å²) in [6, 6.07) is 0.826. The molecule has 0 saturated heterocycles. The van der Waals surface area contributed by atoms with Crippen LogP contribution in [0.1, 0.15) is 33.1 Å². The van der Waals surface area contributed by atoms with Gasteiger partial charge in [-0.05, 0) is 32.1 Å². The summed E-state index contributed by atoms with van der Waals surface area (Å²) < 4.78 is 5.33. The molecule has 1 saturated carbocycles. The van der Waals surface area contributed by atoms with Crippen LogP contribution in [0.4, 0.5) is 11.9 Å². The molecule has 100 valence electrons. The second kappa shape index (κ2) is 5.84. The summed E-state index contributed by atoms with van der Waals surface area (Å²) in [5, 5.41) is 6.28. The number of nitrogens with zero attached hydrogens (tertiary/aromatic N) is 3. The zero-order valence-corrected chi connectivity index (χ0v) is 11.2. The van der Waals surface area contributed by atoms with E-state index < -0.39 is 0 Å². The van der Waals surface area contributed by atoms with Gasteiger partial charge in [0.1, 0.15) is 0 Å². The average molecular weight is 251 g/mol. The van der Waals surface area contributed by atoms with Gasteiger partial charge < -0.3 is 15.4 Å². The Morgan fingerprint density at radius 3 is 2.61 bits per heavy atom. The smallest absolute Gasteiger partial charge is 0.323 e. The summed E-state index contributed by atoms with van der Waals surface area (Å²) in [6.07, 6.45) is 3.61.